The molecule has 1 aromatic heterocycles. The van der Waals surface area contributed by atoms with Crippen LogP contribution in [0.15, 0.2) is 30.6 Å². The minimum atomic E-state index is 0.650. The fourth-order valence-electron chi connectivity index (χ4n) is 2.07. The van der Waals surface area contributed by atoms with Crippen LogP contribution in [0.5, 0.6) is 5.75 Å². The number of nitrogens with zero attached hydrogens (tertiary/aromatic N) is 2. The molecule has 0 aliphatic carbocycles. The van der Waals surface area contributed by atoms with E-state index in [0.29, 0.717) is 6.61 Å². The average Bonchev–Trinajstić information content (AvgIpc) is 2.78. The Hall–Kier alpha value is -1.81. The highest BCUT2D eigenvalue weighted by atomic mass is 16.5. The second kappa shape index (κ2) is 6.38. The van der Waals surface area contributed by atoms with E-state index in [4.69, 9.17) is 4.74 Å². The summed E-state index contributed by atoms with van der Waals surface area (Å²) in [6.07, 6.45) is 3.79. The Labute approximate surface area is 114 Å². The van der Waals surface area contributed by atoms with Crippen molar-refractivity contribution in [3.8, 4) is 5.75 Å². The molecule has 1 aromatic carbocycles. The maximum atomic E-state index is 5.88. The van der Waals surface area contributed by atoms with Crippen LogP contribution in [0, 0.1) is 13.8 Å². The number of hydrogen-bond donors (Lipinski definition) is 1. The highest BCUT2D eigenvalue weighted by Gasteiger charge is 2.04. The van der Waals surface area contributed by atoms with Crippen LogP contribution >= 0.6 is 0 Å². The molecule has 0 atom stereocenters. The topological polar surface area (TPSA) is 39.1 Å². The van der Waals surface area contributed by atoms with Crippen molar-refractivity contribution in [2.45, 2.75) is 26.9 Å². The molecule has 2 rings (SSSR count). The fourth-order valence-corrected chi connectivity index (χ4v) is 2.07. The Balaban J connectivity index is 1.97. The van der Waals surface area contributed by atoms with Crippen molar-refractivity contribution in [3.63, 3.8) is 0 Å². The van der Waals surface area contributed by atoms with E-state index in [2.05, 4.69) is 33.9 Å². The van der Waals surface area contributed by atoms with E-state index in [1.807, 2.05) is 32.4 Å². The van der Waals surface area contributed by atoms with Gasteiger partial charge in [0.2, 0.25) is 0 Å². The van der Waals surface area contributed by atoms with Crippen molar-refractivity contribution in [3.05, 3.63) is 47.5 Å². The first-order chi connectivity index (χ1) is 9.20. The third kappa shape index (κ3) is 3.58. The summed E-state index contributed by atoms with van der Waals surface area (Å²) in [6.45, 7) is 6.38. The zero-order chi connectivity index (χ0) is 13.7. The van der Waals surface area contributed by atoms with Gasteiger partial charge in [-0.3, -0.25) is 0 Å². The molecule has 0 radical (unpaired) electrons. The molecule has 0 saturated heterocycles. The highest BCUT2D eigenvalue weighted by Crippen LogP contribution is 2.20. The molecule has 0 amide bonds. The fraction of sp³-hybridized carbons (Fsp3) is 0.400. The average molecular weight is 259 g/mol. The molecule has 102 valence electrons. The van der Waals surface area contributed by atoms with Gasteiger partial charge in [-0.1, -0.05) is 17.7 Å². The Morgan fingerprint density at radius 2 is 2.16 bits per heavy atom. The second-order valence-electron chi connectivity index (χ2n) is 4.66. The van der Waals surface area contributed by atoms with Crippen LogP contribution in [0.3, 0.4) is 0 Å². The largest absolute Gasteiger partial charge is 0.491 e. The van der Waals surface area contributed by atoms with Crippen LogP contribution in [0.2, 0.25) is 0 Å². The van der Waals surface area contributed by atoms with Gasteiger partial charge < -0.3 is 14.6 Å². The van der Waals surface area contributed by atoms with E-state index in [0.717, 1.165) is 24.7 Å². The highest BCUT2D eigenvalue weighted by molar-refractivity contribution is 5.36. The van der Waals surface area contributed by atoms with E-state index in [9.17, 15) is 0 Å². The summed E-state index contributed by atoms with van der Waals surface area (Å²) in [6, 6.07) is 6.29. The number of aryl methyl sites for hydroxylation is 2. The van der Waals surface area contributed by atoms with Gasteiger partial charge in [0.05, 0.1) is 6.54 Å². The lowest BCUT2D eigenvalue weighted by Gasteiger charge is -2.13. The molecule has 0 spiro atoms. The molecule has 0 bridgehead atoms. The monoisotopic (exact) mass is 259 g/mol. The Bertz CT molecular complexity index is 534. The van der Waals surface area contributed by atoms with E-state index in [-0.39, 0.29) is 0 Å². The third-order valence-electron chi connectivity index (χ3n) is 3.10. The molecule has 1 heterocycles. The van der Waals surface area contributed by atoms with Crippen LogP contribution in [0.4, 0.5) is 0 Å². The molecule has 0 aliphatic rings. The minimum absolute atomic E-state index is 0.650. The molecule has 19 heavy (non-hydrogen) atoms. The first kappa shape index (κ1) is 13.6. The Kier molecular flexibility index (Phi) is 4.58. The van der Waals surface area contributed by atoms with Crippen LogP contribution in [0.25, 0.3) is 0 Å². The lowest BCUT2D eigenvalue weighted by molar-refractivity contribution is 0.293. The number of imidazole rings is 1. The summed E-state index contributed by atoms with van der Waals surface area (Å²) in [5, 5.41) is 3.17. The second-order valence-corrected chi connectivity index (χ2v) is 4.66. The van der Waals surface area contributed by atoms with E-state index in [1.165, 1.54) is 11.1 Å². The standard InChI is InChI=1S/C15H21N3O/c1-12-4-5-15(14(10-12)11-16-3)19-9-8-18-7-6-17-13(18)2/h4-7,10,16H,8-9,11H2,1-3H3. The number of benzene rings is 1. The molecule has 4 nitrogen and oxygen atoms in total. The molecule has 2 aromatic rings. The normalized spacial score (nSPS) is 10.7. The first-order valence-electron chi connectivity index (χ1n) is 6.55. The number of hydrogen-bond acceptors (Lipinski definition) is 3. The Morgan fingerprint density at radius 3 is 2.84 bits per heavy atom. The maximum Gasteiger partial charge on any atom is 0.123 e. The van der Waals surface area contributed by atoms with Crippen molar-refractivity contribution in [2.75, 3.05) is 13.7 Å². The van der Waals surface area contributed by atoms with Crippen LogP contribution in [0.1, 0.15) is 17.0 Å². The van der Waals surface area contributed by atoms with Gasteiger partial charge in [-0.2, -0.15) is 0 Å². The van der Waals surface area contributed by atoms with Gasteiger partial charge in [-0.05, 0) is 27.0 Å². The van der Waals surface area contributed by atoms with Gasteiger partial charge in [0.1, 0.15) is 18.2 Å². The smallest absolute Gasteiger partial charge is 0.123 e. The molecule has 0 fully saturated rings. The first-order valence-corrected chi connectivity index (χ1v) is 6.55. The molecule has 4 heteroatoms. The summed E-state index contributed by atoms with van der Waals surface area (Å²) in [4.78, 5) is 4.20. The Morgan fingerprint density at radius 1 is 1.32 bits per heavy atom. The zero-order valence-electron chi connectivity index (χ0n) is 11.8. The number of rotatable bonds is 6. The number of nitrogens with one attached hydrogen (secondary N) is 1. The molecule has 0 unspecified atom stereocenters. The minimum Gasteiger partial charge on any atom is -0.491 e. The predicted molar refractivity (Wildman–Crippen MR) is 76.4 cm³/mol. The van der Waals surface area contributed by atoms with E-state index < -0.39 is 0 Å². The summed E-state index contributed by atoms with van der Waals surface area (Å²) in [7, 11) is 1.95. The summed E-state index contributed by atoms with van der Waals surface area (Å²) in [5.74, 6) is 1.97. The SMILES string of the molecule is CNCc1cc(C)ccc1OCCn1ccnc1C. The summed E-state index contributed by atoms with van der Waals surface area (Å²) < 4.78 is 7.97. The number of ether oxygens (including phenoxy) is 1. The van der Waals surface area contributed by atoms with Crippen LogP contribution < -0.4 is 10.1 Å². The van der Waals surface area contributed by atoms with Crippen LogP contribution in [-0.4, -0.2) is 23.2 Å². The van der Waals surface area contributed by atoms with Gasteiger partial charge in [-0.25, -0.2) is 4.98 Å². The predicted octanol–water partition coefficient (Wildman–Crippen LogP) is 2.30. The summed E-state index contributed by atoms with van der Waals surface area (Å²) in [5.41, 5.74) is 2.45. The number of aromatic nitrogens is 2. The van der Waals surface area contributed by atoms with Gasteiger partial charge in [0, 0.05) is 24.5 Å². The quantitative estimate of drug-likeness (QED) is 0.865. The molecular weight excluding hydrogens is 238 g/mol. The zero-order valence-corrected chi connectivity index (χ0v) is 11.8. The molecule has 0 aliphatic heterocycles. The summed E-state index contributed by atoms with van der Waals surface area (Å²) >= 11 is 0. The van der Waals surface area contributed by atoms with Crippen molar-refractivity contribution in [2.24, 2.45) is 0 Å². The maximum absolute atomic E-state index is 5.88. The molecule has 1 N–H and O–H groups in total. The molecular formula is C15H21N3O. The van der Waals surface area contributed by atoms with Gasteiger partial charge in [0.25, 0.3) is 0 Å². The van der Waals surface area contributed by atoms with Crippen molar-refractivity contribution >= 4 is 0 Å². The molecule has 0 saturated carbocycles. The van der Waals surface area contributed by atoms with Crippen molar-refractivity contribution in [1.82, 2.24) is 14.9 Å². The lowest BCUT2D eigenvalue weighted by Crippen LogP contribution is -2.12. The third-order valence-corrected chi connectivity index (χ3v) is 3.10. The van der Waals surface area contributed by atoms with Gasteiger partial charge in [0.15, 0.2) is 0 Å². The van der Waals surface area contributed by atoms with Gasteiger partial charge in [-0.15, -0.1) is 0 Å². The van der Waals surface area contributed by atoms with Crippen molar-refractivity contribution < 1.29 is 4.74 Å². The van der Waals surface area contributed by atoms with Gasteiger partial charge >= 0.3 is 0 Å². The van der Waals surface area contributed by atoms with Crippen LogP contribution in [-0.2, 0) is 13.1 Å². The van der Waals surface area contributed by atoms with E-state index in [1.54, 1.807) is 0 Å². The van der Waals surface area contributed by atoms with Crippen molar-refractivity contribution in [1.29, 1.82) is 0 Å². The van der Waals surface area contributed by atoms with E-state index >= 15 is 0 Å². The lowest BCUT2D eigenvalue weighted by atomic mass is 10.1.